The zero-order valence-corrected chi connectivity index (χ0v) is 11.6. The highest BCUT2D eigenvalue weighted by Gasteiger charge is 2.04. The first kappa shape index (κ1) is 13.9. The maximum atomic E-state index is 13.4. The van der Waals surface area contributed by atoms with Crippen LogP contribution in [0.15, 0.2) is 22.7 Å². The molecule has 4 heteroatoms. The van der Waals surface area contributed by atoms with Crippen molar-refractivity contribution in [1.82, 2.24) is 5.32 Å². The first-order valence-corrected chi connectivity index (χ1v) is 6.67. The van der Waals surface area contributed by atoms with E-state index in [0.717, 1.165) is 17.4 Å². The van der Waals surface area contributed by atoms with Gasteiger partial charge < -0.3 is 5.32 Å². The van der Waals surface area contributed by atoms with Crippen molar-refractivity contribution in [3.8, 4) is 0 Å². The number of benzene rings is 1. The van der Waals surface area contributed by atoms with Gasteiger partial charge in [0.25, 0.3) is 0 Å². The SMILES string of the molecule is CC(CCCl)CNCc1cc(Br)ccc1F. The summed E-state index contributed by atoms with van der Waals surface area (Å²) in [6.45, 7) is 3.54. The first-order valence-electron chi connectivity index (χ1n) is 5.34. The molecule has 16 heavy (non-hydrogen) atoms. The zero-order valence-electron chi connectivity index (χ0n) is 9.27. The Morgan fingerprint density at radius 3 is 2.94 bits per heavy atom. The minimum absolute atomic E-state index is 0.166. The van der Waals surface area contributed by atoms with Gasteiger partial charge in [0.1, 0.15) is 5.82 Å². The zero-order chi connectivity index (χ0) is 12.0. The van der Waals surface area contributed by atoms with Crippen LogP contribution in [0.1, 0.15) is 18.9 Å². The molecule has 1 atom stereocenters. The second-order valence-corrected chi connectivity index (χ2v) is 5.24. The van der Waals surface area contributed by atoms with Crippen LogP contribution < -0.4 is 5.32 Å². The summed E-state index contributed by atoms with van der Waals surface area (Å²) >= 11 is 8.97. The van der Waals surface area contributed by atoms with Crippen LogP contribution in [-0.2, 0) is 6.54 Å². The highest BCUT2D eigenvalue weighted by molar-refractivity contribution is 9.10. The molecule has 0 aliphatic heterocycles. The molecule has 90 valence electrons. The Labute approximate surface area is 110 Å². The maximum absolute atomic E-state index is 13.4. The molecular weight excluding hydrogens is 292 g/mol. The average Bonchev–Trinajstić information content (AvgIpc) is 2.23. The van der Waals surface area contributed by atoms with E-state index in [2.05, 4.69) is 28.2 Å². The lowest BCUT2D eigenvalue weighted by Crippen LogP contribution is -2.21. The molecule has 1 N–H and O–H groups in total. The van der Waals surface area contributed by atoms with Gasteiger partial charge in [-0.25, -0.2) is 4.39 Å². The van der Waals surface area contributed by atoms with Crippen molar-refractivity contribution >= 4 is 27.5 Å². The number of rotatable bonds is 6. The van der Waals surface area contributed by atoms with Crippen LogP contribution in [-0.4, -0.2) is 12.4 Å². The minimum atomic E-state index is -0.166. The monoisotopic (exact) mass is 307 g/mol. The third-order valence-electron chi connectivity index (χ3n) is 2.42. The highest BCUT2D eigenvalue weighted by Crippen LogP contribution is 2.15. The van der Waals surface area contributed by atoms with Gasteiger partial charge in [0.05, 0.1) is 0 Å². The Morgan fingerprint density at radius 2 is 2.25 bits per heavy atom. The van der Waals surface area contributed by atoms with Crippen molar-refractivity contribution in [3.05, 3.63) is 34.1 Å². The summed E-state index contributed by atoms with van der Waals surface area (Å²) < 4.78 is 14.3. The quantitative estimate of drug-likeness (QED) is 0.785. The van der Waals surface area contributed by atoms with Crippen molar-refractivity contribution in [2.45, 2.75) is 19.9 Å². The number of hydrogen-bond donors (Lipinski definition) is 1. The predicted octanol–water partition coefficient (Wildman–Crippen LogP) is 3.94. The van der Waals surface area contributed by atoms with E-state index in [1.165, 1.54) is 6.07 Å². The van der Waals surface area contributed by atoms with Crippen LogP contribution in [0.2, 0.25) is 0 Å². The molecule has 0 saturated heterocycles. The molecule has 1 unspecified atom stereocenters. The Kier molecular flexibility index (Phi) is 6.32. The van der Waals surface area contributed by atoms with Gasteiger partial charge in [-0.2, -0.15) is 0 Å². The smallest absolute Gasteiger partial charge is 0.127 e. The second kappa shape index (κ2) is 7.25. The van der Waals surface area contributed by atoms with Gasteiger partial charge in [0, 0.05) is 22.5 Å². The normalized spacial score (nSPS) is 12.8. The average molecular weight is 309 g/mol. The largest absolute Gasteiger partial charge is 0.312 e. The summed E-state index contributed by atoms with van der Waals surface area (Å²) in [6, 6.07) is 4.98. The molecule has 0 saturated carbocycles. The molecule has 0 amide bonds. The Hall–Kier alpha value is -0.120. The van der Waals surface area contributed by atoms with Gasteiger partial charge in [-0.15, -0.1) is 11.6 Å². The summed E-state index contributed by atoms with van der Waals surface area (Å²) in [4.78, 5) is 0. The summed E-state index contributed by atoms with van der Waals surface area (Å²) in [7, 11) is 0. The molecule has 1 nitrogen and oxygen atoms in total. The third-order valence-corrected chi connectivity index (χ3v) is 3.13. The molecule has 0 aliphatic rings. The Bertz CT molecular complexity index is 333. The fourth-order valence-corrected chi connectivity index (χ4v) is 2.20. The molecule has 1 aromatic rings. The van der Waals surface area contributed by atoms with E-state index in [4.69, 9.17) is 11.6 Å². The number of halogens is 3. The van der Waals surface area contributed by atoms with Crippen LogP contribution in [0.5, 0.6) is 0 Å². The molecule has 0 bridgehead atoms. The van der Waals surface area contributed by atoms with Crippen molar-refractivity contribution < 1.29 is 4.39 Å². The van der Waals surface area contributed by atoms with Crippen molar-refractivity contribution in [2.75, 3.05) is 12.4 Å². The number of hydrogen-bond acceptors (Lipinski definition) is 1. The van der Waals surface area contributed by atoms with Gasteiger partial charge in [-0.05, 0) is 37.1 Å². The minimum Gasteiger partial charge on any atom is -0.312 e. The van der Waals surface area contributed by atoms with Gasteiger partial charge in [0.15, 0.2) is 0 Å². The van der Waals surface area contributed by atoms with E-state index < -0.39 is 0 Å². The first-order chi connectivity index (χ1) is 7.63. The second-order valence-electron chi connectivity index (χ2n) is 3.95. The number of nitrogens with one attached hydrogen (secondary N) is 1. The Morgan fingerprint density at radius 1 is 1.50 bits per heavy atom. The van der Waals surface area contributed by atoms with Gasteiger partial charge in [0.2, 0.25) is 0 Å². The maximum Gasteiger partial charge on any atom is 0.127 e. The van der Waals surface area contributed by atoms with Crippen LogP contribution in [0.4, 0.5) is 4.39 Å². The van der Waals surface area contributed by atoms with E-state index in [0.29, 0.717) is 23.9 Å². The van der Waals surface area contributed by atoms with Gasteiger partial charge >= 0.3 is 0 Å². The summed E-state index contributed by atoms with van der Waals surface area (Å²) in [6.07, 6.45) is 0.982. The molecule has 0 aromatic heterocycles. The molecule has 0 heterocycles. The molecule has 0 aliphatic carbocycles. The Balaban J connectivity index is 2.39. The van der Waals surface area contributed by atoms with Crippen LogP contribution in [0.25, 0.3) is 0 Å². The molecule has 0 radical (unpaired) electrons. The third kappa shape index (κ3) is 4.81. The molecule has 1 aromatic carbocycles. The lowest BCUT2D eigenvalue weighted by atomic mass is 10.1. The van der Waals surface area contributed by atoms with Crippen molar-refractivity contribution in [2.24, 2.45) is 5.92 Å². The molecule has 0 fully saturated rings. The van der Waals surface area contributed by atoms with E-state index in [-0.39, 0.29) is 5.82 Å². The fourth-order valence-electron chi connectivity index (χ4n) is 1.42. The molecule has 0 spiro atoms. The van der Waals surface area contributed by atoms with Crippen molar-refractivity contribution in [3.63, 3.8) is 0 Å². The van der Waals surface area contributed by atoms with Crippen LogP contribution in [0.3, 0.4) is 0 Å². The summed E-state index contributed by atoms with van der Waals surface area (Å²) in [5.41, 5.74) is 0.687. The molecular formula is C12H16BrClFN. The number of alkyl halides is 1. The topological polar surface area (TPSA) is 12.0 Å². The van der Waals surface area contributed by atoms with Gasteiger partial charge in [-0.3, -0.25) is 0 Å². The van der Waals surface area contributed by atoms with Crippen LogP contribution in [0, 0.1) is 11.7 Å². The van der Waals surface area contributed by atoms with E-state index in [1.807, 2.05) is 0 Å². The van der Waals surface area contributed by atoms with E-state index >= 15 is 0 Å². The van der Waals surface area contributed by atoms with Gasteiger partial charge in [-0.1, -0.05) is 22.9 Å². The molecule has 1 rings (SSSR count). The van der Waals surface area contributed by atoms with Crippen molar-refractivity contribution in [1.29, 1.82) is 0 Å². The predicted molar refractivity (Wildman–Crippen MR) is 70.3 cm³/mol. The standard InChI is InChI=1S/C12H16BrClFN/c1-9(4-5-14)7-16-8-10-6-11(13)2-3-12(10)15/h2-3,6,9,16H,4-5,7-8H2,1H3. The fraction of sp³-hybridized carbons (Fsp3) is 0.500. The summed E-state index contributed by atoms with van der Waals surface area (Å²) in [5.74, 6) is 1.03. The highest BCUT2D eigenvalue weighted by atomic mass is 79.9. The van der Waals surface area contributed by atoms with E-state index in [1.54, 1.807) is 12.1 Å². The lowest BCUT2D eigenvalue weighted by molar-refractivity contribution is 0.494. The lowest BCUT2D eigenvalue weighted by Gasteiger charge is -2.11. The summed E-state index contributed by atoms with van der Waals surface area (Å²) in [5, 5.41) is 3.23. The van der Waals surface area contributed by atoms with Crippen LogP contribution >= 0.6 is 27.5 Å². The van der Waals surface area contributed by atoms with E-state index in [9.17, 15) is 4.39 Å².